The summed E-state index contributed by atoms with van der Waals surface area (Å²) in [7, 11) is 0. The number of aromatic carboxylic acids is 1. The van der Waals surface area contributed by atoms with Gasteiger partial charge in [-0.1, -0.05) is 12.2 Å². The minimum atomic E-state index is -1.03. The van der Waals surface area contributed by atoms with E-state index >= 15 is 0 Å². The normalized spacial score (nSPS) is 10.5. The van der Waals surface area contributed by atoms with Gasteiger partial charge < -0.3 is 9.84 Å². The van der Waals surface area contributed by atoms with Crippen LogP contribution in [0.3, 0.4) is 0 Å². The van der Waals surface area contributed by atoms with E-state index in [1.165, 1.54) is 6.20 Å². The molecule has 0 aromatic carbocycles. The maximum atomic E-state index is 10.8. The number of carboxylic acids is 1. The van der Waals surface area contributed by atoms with Crippen molar-refractivity contribution in [1.29, 1.82) is 0 Å². The van der Waals surface area contributed by atoms with E-state index in [4.69, 9.17) is 9.84 Å². The van der Waals surface area contributed by atoms with Crippen LogP contribution in [0, 0.1) is 6.92 Å². The Hall–Kier alpha value is -1.84. The van der Waals surface area contributed by atoms with Gasteiger partial charge in [-0.3, -0.25) is 4.98 Å². The zero-order chi connectivity index (χ0) is 11.3. The maximum Gasteiger partial charge on any atom is 0.341 e. The number of carbonyl (C=O) groups is 1. The molecule has 80 valence electrons. The minimum Gasteiger partial charge on any atom is -0.489 e. The fourth-order valence-electron chi connectivity index (χ4n) is 1.05. The summed E-state index contributed by atoms with van der Waals surface area (Å²) in [5, 5.41) is 8.88. The summed E-state index contributed by atoms with van der Waals surface area (Å²) >= 11 is 0. The van der Waals surface area contributed by atoms with E-state index < -0.39 is 5.97 Å². The summed E-state index contributed by atoms with van der Waals surface area (Å²) in [5.74, 6) is -0.675. The molecule has 0 aliphatic rings. The number of rotatable bonds is 4. The van der Waals surface area contributed by atoms with E-state index in [0.29, 0.717) is 12.4 Å². The van der Waals surface area contributed by atoms with Gasteiger partial charge in [-0.2, -0.15) is 0 Å². The predicted molar refractivity (Wildman–Crippen MR) is 56.2 cm³/mol. The molecule has 1 N–H and O–H groups in total. The fraction of sp³-hybridized carbons (Fsp3) is 0.273. The molecule has 0 atom stereocenters. The molecule has 0 spiro atoms. The van der Waals surface area contributed by atoms with Gasteiger partial charge in [-0.25, -0.2) is 4.79 Å². The van der Waals surface area contributed by atoms with E-state index in [9.17, 15) is 4.79 Å². The molecule has 15 heavy (non-hydrogen) atoms. The Balaban J connectivity index is 2.91. The molecule has 1 aromatic rings. The van der Waals surface area contributed by atoms with Gasteiger partial charge in [0.2, 0.25) is 0 Å². The van der Waals surface area contributed by atoms with Crippen molar-refractivity contribution in [3.8, 4) is 5.75 Å². The molecule has 0 radical (unpaired) electrons. The third-order valence-corrected chi connectivity index (χ3v) is 1.80. The number of pyridine rings is 1. The zero-order valence-electron chi connectivity index (χ0n) is 8.73. The first-order chi connectivity index (χ1) is 7.15. The lowest BCUT2D eigenvalue weighted by Crippen LogP contribution is -2.04. The Morgan fingerprint density at radius 1 is 1.67 bits per heavy atom. The molecule has 0 bridgehead atoms. The van der Waals surface area contributed by atoms with E-state index in [1.807, 2.05) is 13.0 Å². The van der Waals surface area contributed by atoms with Gasteiger partial charge in [-0.15, -0.1) is 0 Å². The van der Waals surface area contributed by atoms with Gasteiger partial charge in [-0.05, 0) is 13.8 Å². The van der Waals surface area contributed by atoms with E-state index in [0.717, 1.165) is 5.69 Å². The molecule has 0 unspecified atom stereocenters. The van der Waals surface area contributed by atoms with Crippen molar-refractivity contribution in [1.82, 2.24) is 4.98 Å². The van der Waals surface area contributed by atoms with Crippen molar-refractivity contribution >= 4 is 5.97 Å². The number of carboxylic acid groups (broad SMARTS) is 1. The van der Waals surface area contributed by atoms with Gasteiger partial charge in [0.25, 0.3) is 0 Å². The number of allylic oxidation sites excluding steroid dienone is 1. The predicted octanol–water partition coefficient (Wildman–Crippen LogP) is 2.04. The van der Waals surface area contributed by atoms with Crippen LogP contribution in [0.1, 0.15) is 23.0 Å². The average Bonchev–Trinajstić information content (AvgIpc) is 2.18. The van der Waals surface area contributed by atoms with Gasteiger partial charge in [0.1, 0.15) is 17.9 Å². The second-order valence-electron chi connectivity index (χ2n) is 3.01. The lowest BCUT2D eigenvalue weighted by atomic mass is 10.2. The highest BCUT2D eigenvalue weighted by molar-refractivity contribution is 5.90. The first kappa shape index (κ1) is 11.2. The smallest absolute Gasteiger partial charge is 0.341 e. The molecule has 4 nitrogen and oxygen atoms in total. The van der Waals surface area contributed by atoms with Crippen LogP contribution in [0.15, 0.2) is 24.4 Å². The first-order valence-corrected chi connectivity index (χ1v) is 4.59. The third kappa shape index (κ3) is 3.09. The Morgan fingerprint density at radius 2 is 2.40 bits per heavy atom. The highest BCUT2D eigenvalue weighted by Gasteiger charge is 2.11. The van der Waals surface area contributed by atoms with E-state index in [2.05, 4.69) is 4.98 Å². The summed E-state index contributed by atoms with van der Waals surface area (Å²) in [4.78, 5) is 14.7. The van der Waals surface area contributed by atoms with Crippen LogP contribution < -0.4 is 4.74 Å². The van der Waals surface area contributed by atoms with Crippen molar-refractivity contribution in [3.63, 3.8) is 0 Å². The van der Waals surface area contributed by atoms with Crippen molar-refractivity contribution in [3.05, 3.63) is 35.7 Å². The van der Waals surface area contributed by atoms with Gasteiger partial charge in [0.15, 0.2) is 0 Å². The third-order valence-electron chi connectivity index (χ3n) is 1.80. The maximum absolute atomic E-state index is 10.8. The van der Waals surface area contributed by atoms with Crippen LogP contribution in [-0.4, -0.2) is 22.7 Å². The molecule has 1 aromatic heterocycles. The van der Waals surface area contributed by atoms with Gasteiger partial charge in [0, 0.05) is 18.0 Å². The highest BCUT2D eigenvalue weighted by Crippen LogP contribution is 2.18. The fourth-order valence-corrected chi connectivity index (χ4v) is 1.05. The molecular weight excluding hydrogens is 194 g/mol. The summed E-state index contributed by atoms with van der Waals surface area (Å²) in [6.07, 6.45) is 4.96. The Kier molecular flexibility index (Phi) is 3.85. The lowest BCUT2D eigenvalue weighted by molar-refractivity contribution is 0.0692. The molecule has 4 heteroatoms. The quantitative estimate of drug-likeness (QED) is 0.767. The number of ether oxygens (including phenoxy) is 1. The molecule has 0 aliphatic heterocycles. The standard InChI is InChI=1S/C11H13NO3/c1-3-4-5-15-10-6-8(2)12-7-9(10)11(13)14/h3-4,6-7H,5H2,1-2H3,(H,13,14)/b4-3+. The van der Waals surface area contributed by atoms with Crippen molar-refractivity contribution in [2.45, 2.75) is 13.8 Å². The Labute approximate surface area is 88.2 Å². The molecule has 0 saturated carbocycles. The average molecular weight is 207 g/mol. The van der Waals surface area contributed by atoms with E-state index in [1.54, 1.807) is 19.1 Å². The van der Waals surface area contributed by atoms with Crippen molar-refractivity contribution < 1.29 is 14.6 Å². The zero-order valence-corrected chi connectivity index (χ0v) is 8.73. The highest BCUT2D eigenvalue weighted by atomic mass is 16.5. The van der Waals surface area contributed by atoms with Crippen molar-refractivity contribution in [2.24, 2.45) is 0 Å². The molecular formula is C11H13NO3. The number of hydrogen-bond donors (Lipinski definition) is 1. The molecule has 0 fully saturated rings. The monoisotopic (exact) mass is 207 g/mol. The van der Waals surface area contributed by atoms with Gasteiger partial charge in [0.05, 0.1) is 0 Å². The van der Waals surface area contributed by atoms with Crippen LogP contribution in [0.4, 0.5) is 0 Å². The topological polar surface area (TPSA) is 59.4 Å². The molecule has 0 amide bonds. The SMILES string of the molecule is C/C=C/COc1cc(C)ncc1C(=O)O. The molecule has 1 heterocycles. The Morgan fingerprint density at radius 3 is 3.00 bits per heavy atom. The number of nitrogens with zero attached hydrogens (tertiary/aromatic N) is 1. The van der Waals surface area contributed by atoms with Crippen LogP contribution >= 0.6 is 0 Å². The molecule has 0 saturated heterocycles. The summed E-state index contributed by atoms with van der Waals surface area (Å²) in [6.45, 7) is 4.02. The van der Waals surface area contributed by atoms with Crippen LogP contribution in [0.25, 0.3) is 0 Å². The van der Waals surface area contributed by atoms with Crippen LogP contribution in [-0.2, 0) is 0 Å². The second-order valence-corrected chi connectivity index (χ2v) is 3.01. The second kappa shape index (κ2) is 5.14. The Bertz CT molecular complexity index is 385. The summed E-state index contributed by atoms with van der Waals surface area (Å²) in [5.41, 5.74) is 0.820. The number of aryl methyl sites for hydroxylation is 1. The largest absolute Gasteiger partial charge is 0.489 e. The minimum absolute atomic E-state index is 0.0881. The lowest BCUT2D eigenvalue weighted by Gasteiger charge is -2.07. The van der Waals surface area contributed by atoms with Crippen molar-refractivity contribution in [2.75, 3.05) is 6.61 Å². The van der Waals surface area contributed by atoms with Crippen LogP contribution in [0.2, 0.25) is 0 Å². The van der Waals surface area contributed by atoms with Crippen LogP contribution in [0.5, 0.6) is 5.75 Å². The van der Waals surface area contributed by atoms with Gasteiger partial charge >= 0.3 is 5.97 Å². The number of hydrogen-bond acceptors (Lipinski definition) is 3. The molecule has 0 aliphatic carbocycles. The first-order valence-electron chi connectivity index (χ1n) is 4.59. The van der Waals surface area contributed by atoms with E-state index in [-0.39, 0.29) is 5.56 Å². The molecule has 1 rings (SSSR count). The number of aromatic nitrogens is 1. The summed E-state index contributed by atoms with van der Waals surface area (Å²) < 4.78 is 5.31. The summed E-state index contributed by atoms with van der Waals surface area (Å²) in [6, 6.07) is 1.62.